The molecule has 0 atom stereocenters. The third-order valence-corrected chi connectivity index (χ3v) is 7.43. The molecule has 1 aliphatic rings. The van der Waals surface area contributed by atoms with Crippen molar-refractivity contribution < 1.29 is 18.0 Å². The Bertz CT molecular complexity index is 1030. The molecule has 3 rings (SSSR count). The number of benzene rings is 2. The second-order valence-electron chi connectivity index (χ2n) is 7.65. The van der Waals surface area contributed by atoms with E-state index in [0.29, 0.717) is 31.6 Å². The summed E-state index contributed by atoms with van der Waals surface area (Å²) in [5.41, 5.74) is 7.79. The molecule has 7 nitrogen and oxygen atoms in total. The van der Waals surface area contributed by atoms with Gasteiger partial charge in [-0.25, -0.2) is 8.42 Å². The lowest BCUT2D eigenvalue weighted by Gasteiger charge is -2.33. The van der Waals surface area contributed by atoms with Gasteiger partial charge in [-0.3, -0.25) is 13.9 Å². The Kier molecular flexibility index (Phi) is 6.45. The molecule has 0 unspecified atom stereocenters. The molecule has 8 heteroatoms. The van der Waals surface area contributed by atoms with Crippen LogP contribution in [-0.4, -0.2) is 44.8 Å². The number of carbonyl (C=O) groups is 2. The van der Waals surface area contributed by atoms with Crippen LogP contribution in [0.4, 0.5) is 5.69 Å². The number of amides is 2. The number of carbonyl (C=O) groups excluding carboxylic acids is 2. The predicted molar refractivity (Wildman–Crippen MR) is 115 cm³/mol. The molecule has 1 saturated heterocycles. The number of anilines is 1. The van der Waals surface area contributed by atoms with E-state index in [0.717, 1.165) is 15.4 Å². The number of nitrogens with zero attached hydrogens (tertiary/aromatic N) is 2. The average Bonchev–Trinajstić information content (AvgIpc) is 2.74. The Morgan fingerprint density at radius 1 is 1.03 bits per heavy atom. The van der Waals surface area contributed by atoms with Crippen LogP contribution in [0, 0.1) is 19.8 Å². The highest BCUT2D eigenvalue weighted by atomic mass is 32.2. The molecule has 1 fully saturated rings. The van der Waals surface area contributed by atoms with E-state index in [2.05, 4.69) is 0 Å². The van der Waals surface area contributed by atoms with E-state index in [-0.39, 0.29) is 29.2 Å². The SMILES string of the molecule is Cc1ccc(N(CC(=O)N2CCC(C(N)=O)CC2)S(=O)(=O)c2ccccc2)cc1C. The van der Waals surface area contributed by atoms with Crippen LogP contribution in [0.5, 0.6) is 0 Å². The minimum Gasteiger partial charge on any atom is -0.369 e. The van der Waals surface area contributed by atoms with Gasteiger partial charge in [-0.15, -0.1) is 0 Å². The fourth-order valence-corrected chi connectivity index (χ4v) is 4.98. The van der Waals surface area contributed by atoms with E-state index in [4.69, 9.17) is 5.73 Å². The molecule has 0 spiro atoms. The van der Waals surface area contributed by atoms with Gasteiger partial charge < -0.3 is 10.6 Å². The van der Waals surface area contributed by atoms with Crippen LogP contribution in [0.25, 0.3) is 0 Å². The first-order valence-corrected chi connectivity index (χ1v) is 11.4. The standard InChI is InChI=1S/C22H27N3O4S/c1-16-8-9-19(14-17(16)2)25(30(28,29)20-6-4-3-5-7-20)15-21(26)24-12-10-18(11-13-24)22(23)27/h3-9,14,18H,10-13,15H2,1-2H3,(H2,23,27). The Morgan fingerprint density at radius 3 is 2.23 bits per heavy atom. The number of primary amides is 1. The van der Waals surface area contributed by atoms with Crippen molar-refractivity contribution in [2.24, 2.45) is 11.7 Å². The van der Waals surface area contributed by atoms with Gasteiger partial charge in [0.05, 0.1) is 10.6 Å². The number of hydrogen-bond donors (Lipinski definition) is 1. The Hall–Kier alpha value is -2.87. The second-order valence-corrected chi connectivity index (χ2v) is 9.51. The third kappa shape index (κ3) is 4.64. The van der Waals surface area contributed by atoms with Crippen LogP contribution in [0.3, 0.4) is 0 Å². The molecule has 0 aliphatic carbocycles. The number of hydrogen-bond acceptors (Lipinski definition) is 4. The van der Waals surface area contributed by atoms with Gasteiger partial charge in [0, 0.05) is 19.0 Å². The van der Waals surface area contributed by atoms with Crippen molar-refractivity contribution in [2.45, 2.75) is 31.6 Å². The molecule has 2 aromatic rings. The van der Waals surface area contributed by atoms with E-state index in [1.165, 1.54) is 12.1 Å². The highest BCUT2D eigenvalue weighted by Gasteiger charge is 2.31. The van der Waals surface area contributed by atoms with Crippen LogP contribution < -0.4 is 10.0 Å². The summed E-state index contributed by atoms with van der Waals surface area (Å²) in [6, 6.07) is 13.4. The summed E-state index contributed by atoms with van der Waals surface area (Å²) < 4.78 is 27.9. The molecule has 0 radical (unpaired) electrons. The molecule has 0 aromatic heterocycles. The molecular weight excluding hydrogens is 402 g/mol. The normalized spacial score (nSPS) is 15.1. The number of sulfonamides is 1. The van der Waals surface area contributed by atoms with Crippen molar-refractivity contribution in [1.82, 2.24) is 4.90 Å². The molecule has 2 amide bonds. The summed E-state index contributed by atoms with van der Waals surface area (Å²) in [6.07, 6.45) is 0.992. The van der Waals surface area contributed by atoms with Crippen LogP contribution >= 0.6 is 0 Å². The zero-order chi connectivity index (χ0) is 21.9. The van der Waals surface area contributed by atoms with E-state index in [1.807, 2.05) is 19.9 Å². The largest absolute Gasteiger partial charge is 0.369 e. The highest BCUT2D eigenvalue weighted by molar-refractivity contribution is 7.92. The minimum absolute atomic E-state index is 0.128. The zero-order valence-electron chi connectivity index (χ0n) is 17.2. The topological polar surface area (TPSA) is 101 Å². The van der Waals surface area contributed by atoms with Gasteiger partial charge in [0.15, 0.2) is 0 Å². The average molecular weight is 430 g/mol. The van der Waals surface area contributed by atoms with Crippen LogP contribution in [0.1, 0.15) is 24.0 Å². The lowest BCUT2D eigenvalue weighted by atomic mass is 9.96. The monoisotopic (exact) mass is 429 g/mol. The summed E-state index contributed by atoms with van der Waals surface area (Å²) >= 11 is 0. The van der Waals surface area contributed by atoms with Crippen molar-refractivity contribution in [3.05, 3.63) is 59.7 Å². The Labute approximate surface area is 177 Å². The molecule has 2 N–H and O–H groups in total. The van der Waals surface area contributed by atoms with E-state index in [9.17, 15) is 18.0 Å². The smallest absolute Gasteiger partial charge is 0.264 e. The molecule has 160 valence electrons. The maximum atomic E-state index is 13.4. The summed E-state index contributed by atoms with van der Waals surface area (Å²) in [5.74, 6) is -0.890. The van der Waals surface area contributed by atoms with Gasteiger partial charge in [-0.2, -0.15) is 0 Å². The number of nitrogens with two attached hydrogens (primary N) is 1. The number of rotatable bonds is 6. The summed E-state index contributed by atoms with van der Waals surface area (Å²) in [6.45, 7) is 4.32. The van der Waals surface area contributed by atoms with E-state index in [1.54, 1.807) is 35.2 Å². The molecule has 0 saturated carbocycles. The number of piperidine rings is 1. The van der Waals surface area contributed by atoms with Gasteiger partial charge in [0.25, 0.3) is 10.0 Å². The minimum atomic E-state index is -3.93. The highest BCUT2D eigenvalue weighted by Crippen LogP contribution is 2.26. The quantitative estimate of drug-likeness (QED) is 0.761. The van der Waals surface area contributed by atoms with Gasteiger partial charge >= 0.3 is 0 Å². The van der Waals surface area contributed by atoms with Crippen molar-refractivity contribution in [1.29, 1.82) is 0 Å². The lowest BCUT2D eigenvalue weighted by Crippen LogP contribution is -2.47. The Morgan fingerprint density at radius 2 is 1.67 bits per heavy atom. The van der Waals surface area contributed by atoms with E-state index >= 15 is 0 Å². The van der Waals surface area contributed by atoms with Crippen LogP contribution in [0.2, 0.25) is 0 Å². The lowest BCUT2D eigenvalue weighted by molar-refractivity contribution is -0.133. The maximum Gasteiger partial charge on any atom is 0.264 e. The van der Waals surface area contributed by atoms with Crippen LogP contribution in [0.15, 0.2) is 53.4 Å². The molecule has 30 heavy (non-hydrogen) atoms. The molecular formula is C22H27N3O4S. The number of likely N-dealkylation sites (tertiary alicyclic amines) is 1. The van der Waals surface area contributed by atoms with Gasteiger partial charge in [-0.05, 0) is 62.1 Å². The summed E-state index contributed by atoms with van der Waals surface area (Å²) in [7, 11) is -3.93. The zero-order valence-corrected chi connectivity index (χ0v) is 18.1. The maximum absolute atomic E-state index is 13.4. The molecule has 1 heterocycles. The first-order valence-electron chi connectivity index (χ1n) is 9.92. The molecule has 2 aromatic carbocycles. The summed E-state index contributed by atoms with van der Waals surface area (Å²) in [5, 5.41) is 0. The van der Waals surface area contributed by atoms with E-state index < -0.39 is 10.0 Å². The van der Waals surface area contributed by atoms with Crippen molar-refractivity contribution >= 4 is 27.5 Å². The first kappa shape index (κ1) is 21.8. The third-order valence-electron chi connectivity index (χ3n) is 5.64. The van der Waals surface area contributed by atoms with Gasteiger partial charge in [0.1, 0.15) is 6.54 Å². The predicted octanol–water partition coefficient (Wildman–Crippen LogP) is 2.22. The summed E-state index contributed by atoms with van der Waals surface area (Å²) in [4.78, 5) is 26.1. The van der Waals surface area contributed by atoms with Gasteiger partial charge in [-0.1, -0.05) is 24.3 Å². The van der Waals surface area contributed by atoms with Gasteiger partial charge in [0.2, 0.25) is 11.8 Å². The molecule has 0 bridgehead atoms. The van der Waals surface area contributed by atoms with Crippen LogP contribution in [-0.2, 0) is 19.6 Å². The van der Waals surface area contributed by atoms with Crippen molar-refractivity contribution in [2.75, 3.05) is 23.9 Å². The number of aryl methyl sites for hydroxylation is 2. The Balaban J connectivity index is 1.89. The van der Waals surface area contributed by atoms with Crippen molar-refractivity contribution in [3.63, 3.8) is 0 Å². The second kappa shape index (κ2) is 8.87. The first-order chi connectivity index (χ1) is 14.2. The fourth-order valence-electron chi connectivity index (χ4n) is 3.55. The molecule has 1 aliphatic heterocycles. The van der Waals surface area contributed by atoms with Crippen molar-refractivity contribution in [3.8, 4) is 0 Å². The fraction of sp³-hybridized carbons (Fsp3) is 0.364.